The predicted octanol–water partition coefficient (Wildman–Crippen LogP) is 2.21. The first-order chi connectivity index (χ1) is 11.9. The summed E-state index contributed by atoms with van der Waals surface area (Å²) in [5.41, 5.74) is 3.69. The van der Waals surface area contributed by atoms with Gasteiger partial charge in [0.2, 0.25) is 0 Å². The van der Waals surface area contributed by atoms with E-state index in [2.05, 4.69) is 20.7 Å². The second kappa shape index (κ2) is 9.60. The van der Waals surface area contributed by atoms with Gasteiger partial charge >= 0.3 is 5.97 Å². The van der Waals surface area contributed by atoms with Gasteiger partial charge in [-0.2, -0.15) is 5.10 Å². The second-order valence-electron chi connectivity index (χ2n) is 5.73. The Morgan fingerprint density at radius 1 is 1.31 bits per heavy atom. The lowest BCUT2D eigenvalue weighted by Crippen LogP contribution is -2.36. The Hall–Kier alpha value is -2.04. The summed E-state index contributed by atoms with van der Waals surface area (Å²) in [4.78, 5) is 15.8. The first kappa shape index (κ1) is 22.0. The molecule has 0 bridgehead atoms. The number of hydrogen-bond acceptors (Lipinski definition) is 5. The van der Waals surface area contributed by atoms with E-state index < -0.39 is 5.97 Å². The highest BCUT2D eigenvalue weighted by molar-refractivity contribution is 14.0. The molecular weight excluding hydrogens is 449 g/mol. The molecule has 0 aromatic carbocycles. The molecule has 26 heavy (non-hydrogen) atoms. The van der Waals surface area contributed by atoms with Crippen molar-refractivity contribution in [1.82, 2.24) is 20.4 Å². The molecule has 144 valence electrons. The number of rotatable bonds is 5. The van der Waals surface area contributed by atoms with Crippen molar-refractivity contribution in [3.8, 4) is 0 Å². The van der Waals surface area contributed by atoms with Crippen LogP contribution in [0.4, 0.5) is 0 Å². The topological polar surface area (TPSA) is 93.7 Å². The molecule has 0 aliphatic heterocycles. The number of guanidine groups is 1. The van der Waals surface area contributed by atoms with Crippen LogP contribution in [0.1, 0.15) is 38.8 Å². The van der Waals surface area contributed by atoms with E-state index in [1.165, 1.54) is 7.11 Å². The molecule has 0 spiro atoms. The molecule has 2 aromatic heterocycles. The summed E-state index contributed by atoms with van der Waals surface area (Å²) in [7, 11) is 4.98. The van der Waals surface area contributed by atoms with Crippen LogP contribution in [0.5, 0.6) is 0 Å². The van der Waals surface area contributed by atoms with Crippen molar-refractivity contribution in [3.63, 3.8) is 0 Å². The van der Waals surface area contributed by atoms with Crippen LogP contribution in [-0.2, 0) is 24.9 Å². The number of hydrogen-bond donors (Lipinski definition) is 2. The van der Waals surface area contributed by atoms with E-state index in [9.17, 15) is 4.79 Å². The number of nitrogens with zero attached hydrogens (tertiary/aromatic N) is 3. The van der Waals surface area contributed by atoms with Gasteiger partial charge in [-0.25, -0.2) is 4.79 Å². The first-order valence-corrected chi connectivity index (χ1v) is 7.98. The van der Waals surface area contributed by atoms with Gasteiger partial charge < -0.3 is 19.8 Å². The molecule has 0 atom stereocenters. The molecule has 0 radical (unpaired) electrons. The van der Waals surface area contributed by atoms with Crippen molar-refractivity contribution in [3.05, 3.63) is 40.1 Å². The monoisotopic (exact) mass is 475 g/mol. The van der Waals surface area contributed by atoms with Crippen LogP contribution in [0.3, 0.4) is 0 Å². The van der Waals surface area contributed by atoms with Crippen molar-refractivity contribution in [2.75, 3.05) is 14.2 Å². The Bertz CT molecular complexity index is 795. The molecule has 0 saturated carbocycles. The molecule has 0 aliphatic carbocycles. The minimum atomic E-state index is -0.405. The van der Waals surface area contributed by atoms with E-state index in [0.29, 0.717) is 36.1 Å². The van der Waals surface area contributed by atoms with E-state index in [-0.39, 0.29) is 24.0 Å². The fraction of sp³-hybridized carbons (Fsp3) is 0.471. The van der Waals surface area contributed by atoms with Crippen LogP contribution in [-0.4, -0.2) is 35.9 Å². The van der Waals surface area contributed by atoms with Crippen LogP contribution in [0.25, 0.3) is 0 Å². The van der Waals surface area contributed by atoms with Crippen molar-refractivity contribution in [1.29, 1.82) is 0 Å². The van der Waals surface area contributed by atoms with Crippen molar-refractivity contribution < 1.29 is 13.9 Å². The molecule has 2 N–H and O–H groups in total. The molecule has 0 unspecified atom stereocenters. The number of halogens is 1. The maximum absolute atomic E-state index is 11.6. The third kappa shape index (κ3) is 4.99. The second-order valence-corrected chi connectivity index (χ2v) is 5.73. The summed E-state index contributed by atoms with van der Waals surface area (Å²) in [6.07, 6.45) is 0. The average Bonchev–Trinajstić information content (AvgIpc) is 3.07. The fourth-order valence-corrected chi connectivity index (χ4v) is 2.58. The lowest BCUT2D eigenvalue weighted by Gasteiger charge is -2.11. The number of methoxy groups -OCH3 is 1. The number of aliphatic imine (C=N–C) groups is 1. The summed E-state index contributed by atoms with van der Waals surface area (Å²) in [6, 6.07) is 1.68. The Balaban J connectivity index is 0.00000338. The molecule has 2 rings (SSSR count). The van der Waals surface area contributed by atoms with Crippen LogP contribution < -0.4 is 10.6 Å². The number of ether oxygens (including phenoxy) is 1. The minimum Gasteiger partial charge on any atom is -0.465 e. The van der Waals surface area contributed by atoms with Crippen LogP contribution in [0.15, 0.2) is 15.5 Å². The molecule has 8 nitrogen and oxygen atoms in total. The Morgan fingerprint density at radius 3 is 2.50 bits per heavy atom. The van der Waals surface area contributed by atoms with Gasteiger partial charge in [-0.05, 0) is 26.8 Å². The highest BCUT2D eigenvalue weighted by atomic mass is 127. The summed E-state index contributed by atoms with van der Waals surface area (Å²) in [6.45, 7) is 6.78. The van der Waals surface area contributed by atoms with Gasteiger partial charge in [-0.15, -0.1) is 24.0 Å². The first-order valence-electron chi connectivity index (χ1n) is 7.98. The molecule has 9 heteroatoms. The van der Waals surface area contributed by atoms with E-state index >= 15 is 0 Å². The fourth-order valence-electron chi connectivity index (χ4n) is 2.58. The zero-order valence-electron chi connectivity index (χ0n) is 16.0. The van der Waals surface area contributed by atoms with Gasteiger partial charge in [0.15, 0.2) is 5.96 Å². The Kier molecular flexibility index (Phi) is 8.12. The molecule has 0 saturated heterocycles. The van der Waals surface area contributed by atoms with Crippen LogP contribution in [0, 0.1) is 20.8 Å². The third-order valence-electron chi connectivity index (χ3n) is 4.12. The number of furan rings is 1. The molecule has 0 fully saturated rings. The number of aryl methyl sites for hydroxylation is 3. The van der Waals surface area contributed by atoms with Crippen LogP contribution in [0.2, 0.25) is 0 Å². The van der Waals surface area contributed by atoms with Gasteiger partial charge in [0.1, 0.15) is 17.1 Å². The van der Waals surface area contributed by atoms with Gasteiger partial charge in [0.25, 0.3) is 0 Å². The number of carbonyl (C=O) groups is 1. The SMILES string of the molecule is CN=C(NCc1cc(C(=O)OC)c(C)o1)NCc1c(C)nn(C)c1C.I. The number of carbonyl (C=O) groups excluding carboxylic acids is 1. The van der Waals surface area contributed by atoms with E-state index in [0.717, 1.165) is 17.0 Å². The molecule has 2 aromatic rings. The molecule has 0 aliphatic rings. The van der Waals surface area contributed by atoms with Gasteiger partial charge in [0, 0.05) is 31.9 Å². The largest absolute Gasteiger partial charge is 0.465 e. The van der Waals surface area contributed by atoms with E-state index in [1.54, 1.807) is 20.0 Å². The normalized spacial score (nSPS) is 11.1. The minimum absolute atomic E-state index is 0. The van der Waals surface area contributed by atoms with Crippen LogP contribution >= 0.6 is 24.0 Å². The van der Waals surface area contributed by atoms with E-state index in [4.69, 9.17) is 9.15 Å². The molecular formula is C17H26IN5O3. The van der Waals surface area contributed by atoms with Crippen molar-refractivity contribution in [2.24, 2.45) is 12.0 Å². The Morgan fingerprint density at radius 2 is 1.96 bits per heavy atom. The lowest BCUT2D eigenvalue weighted by atomic mass is 10.2. The zero-order chi connectivity index (χ0) is 18.6. The Labute approximate surface area is 170 Å². The van der Waals surface area contributed by atoms with Crippen molar-refractivity contribution >= 4 is 35.9 Å². The van der Waals surface area contributed by atoms with Gasteiger partial charge in [-0.1, -0.05) is 0 Å². The van der Waals surface area contributed by atoms with E-state index in [1.807, 2.05) is 25.6 Å². The quantitative estimate of drug-likeness (QED) is 0.298. The third-order valence-corrected chi connectivity index (χ3v) is 4.12. The predicted molar refractivity (Wildman–Crippen MR) is 110 cm³/mol. The summed E-state index contributed by atoms with van der Waals surface area (Å²) in [5, 5.41) is 10.8. The molecule has 0 amide bonds. The maximum Gasteiger partial charge on any atom is 0.341 e. The summed E-state index contributed by atoms with van der Waals surface area (Å²) in [5.74, 6) is 1.40. The standard InChI is InChI=1S/C17H25N5O3.HI/c1-10-15(11(2)22(5)21-10)9-20-17(18-4)19-8-13-7-14(12(3)25-13)16(23)24-6;/h7H,8-9H2,1-6H3,(H2,18,19,20);1H. The highest BCUT2D eigenvalue weighted by Gasteiger charge is 2.15. The van der Waals surface area contributed by atoms with Gasteiger partial charge in [-0.3, -0.25) is 9.67 Å². The molecule has 2 heterocycles. The number of aromatic nitrogens is 2. The zero-order valence-corrected chi connectivity index (χ0v) is 18.3. The number of esters is 1. The lowest BCUT2D eigenvalue weighted by molar-refractivity contribution is 0.0599. The maximum atomic E-state index is 11.6. The summed E-state index contributed by atoms with van der Waals surface area (Å²) >= 11 is 0. The average molecular weight is 475 g/mol. The summed E-state index contributed by atoms with van der Waals surface area (Å²) < 4.78 is 12.2. The highest BCUT2D eigenvalue weighted by Crippen LogP contribution is 2.15. The number of nitrogens with one attached hydrogen (secondary N) is 2. The smallest absolute Gasteiger partial charge is 0.341 e. The van der Waals surface area contributed by atoms with Crippen molar-refractivity contribution in [2.45, 2.75) is 33.9 Å². The van der Waals surface area contributed by atoms with Gasteiger partial charge in [0.05, 0.1) is 19.3 Å².